The van der Waals surface area contributed by atoms with Gasteiger partial charge in [-0.05, 0) is 13.3 Å². The summed E-state index contributed by atoms with van der Waals surface area (Å²) in [7, 11) is 0. The van der Waals surface area contributed by atoms with Gasteiger partial charge in [-0.1, -0.05) is 0 Å². The van der Waals surface area contributed by atoms with Crippen LogP contribution in [0.15, 0.2) is 5.38 Å². The van der Waals surface area contributed by atoms with Crippen LogP contribution in [0.3, 0.4) is 0 Å². The lowest BCUT2D eigenvalue weighted by molar-refractivity contribution is 0.102. The molecule has 1 fully saturated rings. The molecule has 1 aromatic heterocycles. The third-order valence-corrected chi connectivity index (χ3v) is 2.86. The quantitative estimate of drug-likeness (QED) is 0.714. The number of thiazole rings is 1. The van der Waals surface area contributed by atoms with Gasteiger partial charge in [0.25, 0.3) is 0 Å². The van der Waals surface area contributed by atoms with Gasteiger partial charge in [0, 0.05) is 18.0 Å². The number of nitrogens with zero attached hydrogens (tertiary/aromatic N) is 1. The summed E-state index contributed by atoms with van der Waals surface area (Å²) >= 11 is 1.65. The van der Waals surface area contributed by atoms with Gasteiger partial charge in [0.15, 0.2) is 0 Å². The molecule has 2 atom stereocenters. The molecule has 0 saturated carbocycles. The largest absolute Gasteiger partial charge is 0.370 e. The summed E-state index contributed by atoms with van der Waals surface area (Å²) in [6, 6.07) is 0.131. The molecule has 0 radical (unpaired) electrons. The molecule has 1 aliphatic heterocycles. The zero-order valence-electron chi connectivity index (χ0n) is 6.99. The number of hydrogen-bond donors (Lipinski definition) is 1. The van der Waals surface area contributed by atoms with Gasteiger partial charge in [0.05, 0.1) is 10.7 Å². The molecule has 0 spiro atoms. The molecule has 66 valence electrons. The van der Waals surface area contributed by atoms with Crippen LogP contribution in [0.4, 0.5) is 0 Å². The molecule has 0 bridgehead atoms. The first-order valence-corrected chi connectivity index (χ1v) is 4.94. The number of rotatable bonds is 1. The lowest BCUT2D eigenvalue weighted by Gasteiger charge is -2.10. The molecule has 4 heteroatoms. The van der Waals surface area contributed by atoms with Crippen LogP contribution < -0.4 is 5.73 Å². The Balaban J connectivity index is 2.19. The average molecular weight is 184 g/mol. The minimum Gasteiger partial charge on any atom is -0.370 e. The second kappa shape index (κ2) is 3.12. The molecule has 12 heavy (non-hydrogen) atoms. The molecule has 2 N–H and O–H groups in total. The van der Waals surface area contributed by atoms with Gasteiger partial charge in [-0.2, -0.15) is 0 Å². The fourth-order valence-electron chi connectivity index (χ4n) is 1.42. The minimum absolute atomic E-state index is 0.0370. The summed E-state index contributed by atoms with van der Waals surface area (Å²) < 4.78 is 5.48. The molecule has 1 saturated heterocycles. The number of hydrogen-bond acceptors (Lipinski definition) is 4. The lowest BCUT2D eigenvalue weighted by Crippen LogP contribution is -2.23. The normalized spacial score (nSPS) is 29.5. The Bertz CT molecular complexity index is 274. The average Bonchev–Trinajstić information content (AvgIpc) is 2.58. The summed E-state index contributed by atoms with van der Waals surface area (Å²) in [4.78, 5) is 4.36. The lowest BCUT2D eigenvalue weighted by atomic mass is 10.1. The SMILES string of the molecule is Cc1nc(C2OCCC2N)cs1. The van der Waals surface area contributed by atoms with E-state index in [0.717, 1.165) is 23.7 Å². The highest BCUT2D eigenvalue weighted by atomic mass is 32.1. The van der Waals surface area contributed by atoms with Crippen molar-refractivity contribution in [3.8, 4) is 0 Å². The van der Waals surface area contributed by atoms with Crippen molar-refractivity contribution in [1.29, 1.82) is 0 Å². The molecular formula is C8H12N2OS. The fraction of sp³-hybridized carbons (Fsp3) is 0.625. The van der Waals surface area contributed by atoms with Crippen LogP contribution in [0.2, 0.25) is 0 Å². The summed E-state index contributed by atoms with van der Waals surface area (Å²) in [5.74, 6) is 0. The molecule has 2 rings (SSSR count). The van der Waals surface area contributed by atoms with Gasteiger partial charge < -0.3 is 10.5 Å². The van der Waals surface area contributed by atoms with Gasteiger partial charge in [0.2, 0.25) is 0 Å². The van der Waals surface area contributed by atoms with Crippen LogP contribution in [-0.4, -0.2) is 17.6 Å². The Morgan fingerprint density at radius 2 is 2.58 bits per heavy atom. The van der Waals surface area contributed by atoms with Crippen molar-refractivity contribution < 1.29 is 4.74 Å². The van der Waals surface area contributed by atoms with Gasteiger partial charge in [-0.25, -0.2) is 4.98 Å². The summed E-state index contributed by atoms with van der Waals surface area (Å²) in [5, 5.41) is 3.11. The molecule has 3 nitrogen and oxygen atoms in total. The van der Waals surface area contributed by atoms with Crippen molar-refractivity contribution in [2.24, 2.45) is 5.73 Å². The predicted molar refractivity (Wildman–Crippen MR) is 48.1 cm³/mol. The first-order valence-electron chi connectivity index (χ1n) is 4.06. The van der Waals surface area contributed by atoms with E-state index < -0.39 is 0 Å². The van der Waals surface area contributed by atoms with E-state index in [2.05, 4.69) is 4.98 Å². The van der Waals surface area contributed by atoms with E-state index >= 15 is 0 Å². The molecule has 0 aromatic carbocycles. The summed E-state index contributed by atoms with van der Waals surface area (Å²) in [6.45, 7) is 2.76. The Kier molecular flexibility index (Phi) is 2.12. The van der Waals surface area contributed by atoms with E-state index in [9.17, 15) is 0 Å². The maximum absolute atomic E-state index is 5.86. The maximum Gasteiger partial charge on any atom is 0.115 e. The van der Waals surface area contributed by atoms with Gasteiger partial charge >= 0.3 is 0 Å². The fourth-order valence-corrected chi connectivity index (χ4v) is 2.06. The predicted octanol–water partition coefficient (Wildman–Crippen LogP) is 1.24. The smallest absolute Gasteiger partial charge is 0.115 e. The van der Waals surface area contributed by atoms with Crippen LogP contribution in [0.1, 0.15) is 23.2 Å². The third kappa shape index (κ3) is 1.37. The highest BCUT2D eigenvalue weighted by Crippen LogP contribution is 2.28. The van der Waals surface area contributed by atoms with E-state index in [1.54, 1.807) is 11.3 Å². The first kappa shape index (κ1) is 8.16. The van der Waals surface area contributed by atoms with E-state index in [1.807, 2.05) is 12.3 Å². The highest BCUT2D eigenvalue weighted by Gasteiger charge is 2.27. The number of aromatic nitrogens is 1. The zero-order chi connectivity index (χ0) is 8.55. The molecule has 2 unspecified atom stereocenters. The Hall–Kier alpha value is -0.450. The zero-order valence-corrected chi connectivity index (χ0v) is 7.80. The van der Waals surface area contributed by atoms with Gasteiger partial charge in [0.1, 0.15) is 6.10 Å². The van der Waals surface area contributed by atoms with E-state index in [-0.39, 0.29) is 12.1 Å². The van der Waals surface area contributed by atoms with Crippen LogP contribution in [0, 0.1) is 6.92 Å². The summed E-state index contributed by atoms with van der Waals surface area (Å²) in [6.07, 6.45) is 0.983. The molecule has 0 aliphatic carbocycles. The Morgan fingerprint density at radius 3 is 3.08 bits per heavy atom. The third-order valence-electron chi connectivity index (χ3n) is 2.07. The van der Waals surface area contributed by atoms with Gasteiger partial charge in [-0.15, -0.1) is 11.3 Å². The van der Waals surface area contributed by atoms with Crippen molar-refractivity contribution in [1.82, 2.24) is 4.98 Å². The maximum atomic E-state index is 5.86. The Labute approximate surface area is 75.6 Å². The topological polar surface area (TPSA) is 48.1 Å². The van der Waals surface area contributed by atoms with Crippen molar-refractivity contribution >= 4 is 11.3 Å². The second-order valence-electron chi connectivity index (χ2n) is 3.04. The number of ether oxygens (including phenoxy) is 1. The first-order chi connectivity index (χ1) is 5.77. The van der Waals surface area contributed by atoms with Crippen LogP contribution in [-0.2, 0) is 4.74 Å². The van der Waals surface area contributed by atoms with Crippen molar-refractivity contribution in [3.63, 3.8) is 0 Å². The monoisotopic (exact) mass is 184 g/mol. The second-order valence-corrected chi connectivity index (χ2v) is 4.10. The molecule has 2 heterocycles. The summed E-state index contributed by atoms with van der Waals surface area (Å²) in [5.41, 5.74) is 6.86. The number of aryl methyl sites for hydroxylation is 1. The van der Waals surface area contributed by atoms with Crippen LogP contribution >= 0.6 is 11.3 Å². The van der Waals surface area contributed by atoms with E-state index in [4.69, 9.17) is 10.5 Å². The molecule has 0 amide bonds. The van der Waals surface area contributed by atoms with E-state index in [1.165, 1.54) is 0 Å². The van der Waals surface area contributed by atoms with E-state index in [0.29, 0.717) is 0 Å². The minimum atomic E-state index is 0.0370. The standard InChI is InChI=1S/C8H12N2OS/c1-5-10-7(4-12-5)8-6(9)2-3-11-8/h4,6,8H,2-3,9H2,1H3. The van der Waals surface area contributed by atoms with Crippen molar-refractivity contribution in [2.45, 2.75) is 25.5 Å². The Morgan fingerprint density at radius 1 is 1.75 bits per heavy atom. The molecule has 1 aliphatic rings. The highest BCUT2D eigenvalue weighted by molar-refractivity contribution is 7.09. The van der Waals surface area contributed by atoms with Crippen molar-refractivity contribution in [3.05, 3.63) is 16.1 Å². The van der Waals surface area contributed by atoms with Crippen molar-refractivity contribution in [2.75, 3.05) is 6.61 Å². The molecule has 1 aromatic rings. The van der Waals surface area contributed by atoms with Crippen LogP contribution in [0.25, 0.3) is 0 Å². The molecular weight excluding hydrogens is 172 g/mol. The van der Waals surface area contributed by atoms with Gasteiger partial charge in [-0.3, -0.25) is 0 Å². The number of nitrogens with two attached hydrogens (primary N) is 1. The van der Waals surface area contributed by atoms with Crippen LogP contribution in [0.5, 0.6) is 0 Å².